The van der Waals surface area contributed by atoms with Crippen LogP contribution in [-0.4, -0.2) is 32.0 Å². The molecule has 134 valence electrons. The molecule has 0 spiro atoms. The Balaban J connectivity index is 1.44. The summed E-state index contributed by atoms with van der Waals surface area (Å²) < 4.78 is 1.89. The van der Waals surface area contributed by atoms with E-state index in [9.17, 15) is 10.1 Å². The SMILES string of the molecule is C[C@](C#N)(NC(=O)CSc1nc(C2CC2)n(-c2ccccc2)n1)C1CC1. The minimum atomic E-state index is -0.756. The van der Waals surface area contributed by atoms with Crippen molar-refractivity contribution in [1.82, 2.24) is 20.1 Å². The van der Waals surface area contributed by atoms with E-state index >= 15 is 0 Å². The normalized spacial score (nSPS) is 18.8. The van der Waals surface area contributed by atoms with Crippen LogP contribution in [0.15, 0.2) is 35.5 Å². The second-order valence-electron chi connectivity index (χ2n) is 7.20. The zero-order chi connectivity index (χ0) is 18.1. The number of aromatic nitrogens is 3. The van der Waals surface area contributed by atoms with E-state index in [1.54, 1.807) is 6.92 Å². The lowest BCUT2D eigenvalue weighted by atomic mass is 9.98. The van der Waals surface area contributed by atoms with E-state index in [0.717, 1.165) is 37.2 Å². The molecule has 6 nitrogen and oxygen atoms in total. The highest BCUT2D eigenvalue weighted by atomic mass is 32.2. The molecule has 0 aliphatic heterocycles. The standard InChI is InChI=1S/C19H21N5OS/c1-19(12-20,14-9-10-14)22-16(25)11-26-18-21-17(13-7-8-13)24(23-18)15-5-3-2-4-6-15/h2-6,13-14H,7-11H2,1H3,(H,22,25)/t19-/m1/s1. The molecule has 2 aliphatic carbocycles. The number of rotatable bonds is 7. The topological polar surface area (TPSA) is 83.6 Å². The van der Waals surface area contributed by atoms with Crippen LogP contribution in [0.1, 0.15) is 44.3 Å². The van der Waals surface area contributed by atoms with Crippen LogP contribution >= 0.6 is 11.8 Å². The maximum absolute atomic E-state index is 12.3. The van der Waals surface area contributed by atoms with Crippen molar-refractivity contribution in [2.45, 2.75) is 49.2 Å². The van der Waals surface area contributed by atoms with Crippen LogP contribution in [0, 0.1) is 17.2 Å². The molecule has 26 heavy (non-hydrogen) atoms. The van der Waals surface area contributed by atoms with Gasteiger partial charge in [-0.3, -0.25) is 4.79 Å². The molecule has 1 heterocycles. The zero-order valence-electron chi connectivity index (χ0n) is 14.7. The average Bonchev–Trinajstić information content (AvgIpc) is 3.57. The summed E-state index contributed by atoms with van der Waals surface area (Å²) in [5, 5.41) is 17.5. The minimum absolute atomic E-state index is 0.144. The predicted molar refractivity (Wildman–Crippen MR) is 98.9 cm³/mol. The highest BCUT2D eigenvalue weighted by molar-refractivity contribution is 7.99. The fourth-order valence-electron chi connectivity index (χ4n) is 3.07. The zero-order valence-corrected chi connectivity index (χ0v) is 15.5. The van der Waals surface area contributed by atoms with Crippen LogP contribution in [-0.2, 0) is 4.79 Å². The molecule has 1 aromatic carbocycles. The molecule has 1 N–H and O–H groups in total. The van der Waals surface area contributed by atoms with Gasteiger partial charge >= 0.3 is 0 Å². The molecule has 0 saturated heterocycles. The van der Waals surface area contributed by atoms with Crippen molar-refractivity contribution in [1.29, 1.82) is 5.26 Å². The van der Waals surface area contributed by atoms with Gasteiger partial charge in [0.1, 0.15) is 11.4 Å². The maximum atomic E-state index is 12.3. The molecule has 2 aliphatic rings. The van der Waals surface area contributed by atoms with E-state index in [4.69, 9.17) is 0 Å². The number of hydrogen-bond acceptors (Lipinski definition) is 5. The number of amides is 1. The van der Waals surface area contributed by atoms with Crippen LogP contribution in [0.5, 0.6) is 0 Å². The summed E-state index contributed by atoms with van der Waals surface area (Å²) in [5.41, 5.74) is 0.234. The lowest BCUT2D eigenvalue weighted by Gasteiger charge is -2.22. The van der Waals surface area contributed by atoms with Crippen molar-refractivity contribution in [3.05, 3.63) is 36.2 Å². The second kappa shape index (κ2) is 6.76. The fraction of sp³-hybridized carbons (Fsp3) is 0.474. The van der Waals surface area contributed by atoms with E-state index in [1.165, 1.54) is 11.8 Å². The van der Waals surface area contributed by atoms with Gasteiger partial charge in [-0.25, -0.2) is 9.67 Å². The van der Waals surface area contributed by atoms with Crippen LogP contribution in [0.25, 0.3) is 5.69 Å². The molecule has 2 fully saturated rings. The van der Waals surface area contributed by atoms with Gasteiger partial charge in [0.25, 0.3) is 0 Å². The van der Waals surface area contributed by atoms with Gasteiger partial charge in [-0.2, -0.15) is 5.26 Å². The molecular formula is C19H21N5OS. The molecule has 0 bridgehead atoms. The lowest BCUT2D eigenvalue weighted by Crippen LogP contribution is -2.47. The quantitative estimate of drug-likeness (QED) is 0.761. The first kappa shape index (κ1) is 17.1. The summed E-state index contributed by atoms with van der Waals surface area (Å²) in [7, 11) is 0. The van der Waals surface area contributed by atoms with E-state index in [-0.39, 0.29) is 17.6 Å². The maximum Gasteiger partial charge on any atom is 0.231 e. The predicted octanol–water partition coefficient (Wildman–Crippen LogP) is 3.05. The second-order valence-corrected chi connectivity index (χ2v) is 8.14. The third-order valence-electron chi connectivity index (χ3n) is 4.91. The minimum Gasteiger partial charge on any atom is -0.337 e. The molecule has 1 amide bonds. The van der Waals surface area contributed by atoms with Crippen molar-refractivity contribution in [3.8, 4) is 11.8 Å². The summed E-state index contributed by atoms with van der Waals surface area (Å²) in [5.74, 6) is 1.78. The summed E-state index contributed by atoms with van der Waals surface area (Å²) in [4.78, 5) is 16.9. The van der Waals surface area contributed by atoms with Gasteiger partial charge in [0, 0.05) is 5.92 Å². The van der Waals surface area contributed by atoms with Gasteiger partial charge in [0.2, 0.25) is 11.1 Å². The highest BCUT2D eigenvalue weighted by Crippen LogP contribution is 2.41. The molecule has 2 saturated carbocycles. The van der Waals surface area contributed by atoms with Crippen LogP contribution in [0.4, 0.5) is 0 Å². The number of carbonyl (C=O) groups excluding carboxylic acids is 1. The molecular weight excluding hydrogens is 346 g/mol. The first-order chi connectivity index (χ1) is 12.6. The number of nitrogens with zero attached hydrogens (tertiary/aromatic N) is 4. The van der Waals surface area contributed by atoms with Gasteiger partial charge in [-0.1, -0.05) is 30.0 Å². The lowest BCUT2D eigenvalue weighted by molar-refractivity contribution is -0.119. The van der Waals surface area contributed by atoms with Gasteiger partial charge < -0.3 is 5.32 Å². The Morgan fingerprint density at radius 2 is 2.08 bits per heavy atom. The molecule has 4 rings (SSSR count). The van der Waals surface area contributed by atoms with E-state index in [1.807, 2.05) is 35.0 Å². The molecule has 1 atom stereocenters. The Morgan fingerprint density at radius 3 is 2.69 bits per heavy atom. The Kier molecular flexibility index (Phi) is 4.45. The fourth-order valence-corrected chi connectivity index (χ4v) is 3.70. The van der Waals surface area contributed by atoms with Gasteiger partial charge in [0.15, 0.2) is 0 Å². The number of nitrogens with one attached hydrogen (secondary N) is 1. The van der Waals surface area contributed by atoms with Crippen molar-refractivity contribution < 1.29 is 4.79 Å². The highest BCUT2D eigenvalue weighted by Gasteiger charge is 2.43. The third kappa shape index (κ3) is 3.61. The molecule has 0 unspecified atom stereocenters. The van der Waals surface area contributed by atoms with Gasteiger partial charge in [-0.15, -0.1) is 5.10 Å². The Bertz CT molecular complexity index is 851. The monoisotopic (exact) mass is 367 g/mol. The largest absolute Gasteiger partial charge is 0.337 e. The number of benzene rings is 1. The Labute approximate surface area is 157 Å². The summed E-state index contributed by atoms with van der Waals surface area (Å²) in [6.45, 7) is 1.81. The van der Waals surface area contributed by atoms with E-state index in [0.29, 0.717) is 11.1 Å². The summed E-state index contributed by atoms with van der Waals surface area (Å²) in [6.07, 6.45) is 4.28. The average molecular weight is 367 g/mol. The molecule has 1 aromatic heterocycles. The van der Waals surface area contributed by atoms with E-state index < -0.39 is 5.54 Å². The number of para-hydroxylation sites is 1. The third-order valence-corrected chi connectivity index (χ3v) is 5.75. The number of nitriles is 1. The number of thioether (sulfide) groups is 1. The van der Waals surface area contributed by atoms with Crippen molar-refractivity contribution >= 4 is 17.7 Å². The summed E-state index contributed by atoms with van der Waals surface area (Å²) >= 11 is 1.32. The first-order valence-corrected chi connectivity index (χ1v) is 9.95. The van der Waals surface area contributed by atoms with Crippen molar-refractivity contribution in [2.75, 3.05) is 5.75 Å². The van der Waals surface area contributed by atoms with Crippen molar-refractivity contribution in [3.63, 3.8) is 0 Å². The number of carbonyl (C=O) groups is 1. The van der Waals surface area contributed by atoms with Gasteiger partial charge in [-0.05, 0) is 50.7 Å². The molecule has 7 heteroatoms. The number of hydrogen-bond donors (Lipinski definition) is 1. The van der Waals surface area contributed by atoms with E-state index in [2.05, 4.69) is 21.5 Å². The first-order valence-electron chi connectivity index (χ1n) is 8.96. The van der Waals surface area contributed by atoms with Gasteiger partial charge in [0.05, 0.1) is 17.5 Å². The smallest absolute Gasteiger partial charge is 0.231 e. The van der Waals surface area contributed by atoms with Crippen LogP contribution in [0.3, 0.4) is 0 Å². The molecule has 2 aromatic rings. The Hall–Kier alpha value is -2.33. The van der Waals surface area contributed by atoms with Crippen LogP contribution in [0.2, 0.25) is 0 Å². The molecule has 0 radical (unpaired) electrons. The Morgan fingerprint density at radius 1 is 1.35 bits per heavy atom. The van der Waals surface area contributed by atoms with Crippen LogP contribution < -0.4 is 5.32 Å². The summed E-state index contributed by atoms with van der Waals surface area (Å²) in [6, 6.07) is 12.2. The van der Waals surface area contributed by atoms with Crippen molar-refractivity contribution in [2.24, 2.45) is 5.92 Å².